The topological polar surface area (TPSA) is 46.6 Å². The van der Waals surface area contributed by atoms with Crippen LogP contribution in [0.15, 0.2) is 12.2 Å². The van der Waals surface area contributed by atoms with Gasteiger partial charge in [0.1, 0.15) is 12.6 Å². The van der Waals surface area contributed by atoms with E-state index in [1.54, 1.807) is 4.90 Å². The summed E-state index contributed by atoms with van der Waals surface area (Å²) in [5.74, 6) is -0.125. The Kier molecular flexibility index (Phi) is 5.43. The number of nitrogens with zero attached hydrogens (tertiary/aromatic N) is 1. The maximum atomic E-state index is 12.1. The average Bonchev–Trinajstić information content (AvgIpc) is 2.89. The van der Waals surface area contributed by atoms with Crippen molar-refractivity contribution in [3.05, 3.63) is 12.2 Å². The molecule has 2 aliphatic rings. The van der Waals surface area contributed by atoms with Crippen molar-refractivity contribution < 1.29 is 14.3 Å². The first kappa shape index (κ1) is 14.1. The van der Waals surface area contributed by atoms with Crippen LogP contribution >= 0.6 is 0 Å². The Balaban J connectivity index is 1.98. The molecule has 4 nitrogen and oxygen atoms in total. The molecule has 0 aromatic heterocycles. The van der Waals surface area contributed by atoms with E-state index in [-0.39, 0.29) is 17.9 Å². The fraction of sp³-hybridized carbons (Fsp3) is 0.733. The first-order valence-corrected chi connectivity index (χ1v) is 7.40. The third-order valence-electron chi connectivity index (χ3n) is 3.85. The predicted octanol–water partition coefficient (Wildman–Crippen LogP) is 2.43. The highest BCUT2D eigenvalue weighted by atomic mass is 16.5. The van der Waals surface area contributed by atoms with Crippen LogP contribution in [0.5, 0.6) is 0 Å². The van der Waals surface area contributed by atoms with Crippen LogP contribution < -0.4 is 0 Å². The molecule has 2 heterocycles. The minimum absolute atomic E-state index is 0.118. The summed E-state index contributed by atoms with van der Waals surface area (Å²) in [5.41, 5.74) is 0. The van der Waals surface area contributed by atoms with Gasteiger partial charge >= 0.3 is 5.97 Å². The minimum atomic E-state index is -0.344. The summed E-state index contributed by atoms with van der Waals surface area (Å²) >= 11 is 0. The van der Waals surface area contributed by atoms with E-state index in [2.05, 4.69) is 6.08 Å². The van der Waals surface area contributed by atoms with Crippen molar-refractivity contribution in [2.75, 3.05) is 13.2 Å². The van der Waals surface area contributed by atoms with Crippen molar-refractivity contribution in [2.24, 2.45) is 0 Å². The van der Waals surface area contributed by atoms with E-state index in [9.17, 15) is 9.59 Å². The van der Waals surface area contributed by atoms with Crippen molar-refractivity contribution in [3.8, 4) is 0 Å². The summed E-state index contributed by atoms with van der Waals surface area (Å²) in [6.45, 7) is 1.03. The third kappa shape index (κ3) is 4.08. The second kappa shape index (κ2) is 7.31. The highest BCUT2D eigenvalue weighted by Gasteiger charge is 2.34. The Labute approximate surface area is 114 Å². The summed E-state index contributed by atoms with van der Waals surface area (Å²) in [7, 11) is 0. The first-order chi connectivity index (χ1) is 9.29. The molecule has 1 unspecified atom stereocenters. The van der Waals surface area contributed by atoms with E-state index < -0.39 is 0 Å². The summed E-state index contributed by atoms with van der Waals surface area (Å²) < 4.78 is 5.23. The number of hydrogen-bond donors (Lipinski definition) is 0. The number of allylic oxidation sites excluding steroid dienone is 1. The molecule has 19 heavy (non-hydrogen) atoms. The minimum Gasteiger partial charge on any atom is -0.460 e. The van der Waals surface area contributed by atoms with E-state index >= 15 is 0 Å². The molecule has 1 atom stereocenters. The third-order valence-corrected chi connectivity index (χ3v) is 3.85. The molecule has 0 aromatic carbocycles. The molecule has 2 aliphatic heterocycles. The number of fused-ring (bicyclic) bond motifs is 1. The van der Waals surface area contributed by atoms with Gasteiger partial charge in [-0.3, -0.25) is 4.79 Å². The van der Waals surface area contributed by atoms with Crippen molar-refractivity contribution in [1.29, 1.82) is 0 Å². The molecule has 1 amide bonds. The standard InChI is InChI=1S/C15H23NO3/c17-14-10-6-4-2-1-3-5-7-12-19-15(18)13-9-8-11-16(13)14/h5,7,13H,1-4,6,8-12H2/b7-5-. The van der Waals surface area contributed by atoms with Gasteiger partial charge in [0, 0.05) is 13.0 Å². The second-order valence-corrected chi connectivity index (χ2v) is 5.30. The van der Waals surface area contributed by atoms with E-state index in [0.717, 1.165) is 38.5 Å². The zero-order valence-corrected chi connectivity index (χ0v) is 11.5. The van der Waals surface area contributed by atoms with Crippen LogP contribution in [0.2, 0.25) is 0 Å². The van der Waals surface area contributed by atoms with Crippen LogP contribution in [0.3, 0.4) is 0 Å². The summed E-state index contributed by atoms with van der Waals surface area (Å²) in [6, 6.07) is -0.344. The number of ether oxygens (including phenoxy) is 1. The molecular weight excluding hydrogens is 242 g/mol. The van der Waals surface area contributed by atoms with E-state index in [4.69, 9.17) is 4.74 Å². The van der Waals surface area contributed by atoms with Crippen LogP contribution in [0.1, 0.15) is 51.4 Å². The van der Waals surface area contributed by atoms with Gasteiger partial charge < -0.3 is 9.64 Å². The number of carbonyl (C=O) groups is 2. The lowest BCUT2D eigenvalue weighted by Crippen LogP contribution is -2.41. The van der Waals surface area contributed by atoms with Crippen LogP contribution in [-0.4, -0.2) is 36.0 Å². The Morgan fingerprint density at radius 1 is 1.05 bits per heavy atom. The van der Waals surface area contributed by atoms with Crippen molar-refractivity contribution in [1.82, 2.24) is 4.90 Å². The van der Waals surface area contributed by atoms with E-state index in [1.165, 1.54) is 6.42 Å². The molecule has 1 saturated heterocycles. The maximum Gasteiger partial charge on any atom is 0.329 e. The summed E-state index contributed by atoms with van der Waals surface area (Å²) in [6.07, 6.45) is 11.6. The van der Waals surface area contributed by atoms with Crippen molar-refractivity contribution in [2.45, 2.75) is 57.4 Å². The second-order valence-electron chi connectivity index (χ2n) is 5.30. The Bertz CT molecular complexity index is 351. The molecule has 2 rings (SSSR count). The number of rotatable bonds is 0. The van der Waals surface area contributed by atoms with Crippen molar-refractivity contribution in [3.63, 3.8) is 0 Å². The zero-order chi connectivity index (χ0) is 13.5. The van der Waals surface area contributed by atoms with Crippen LogP contribution in [-0.2, 0) is 14.3 Å². The smallest absolute Gasteiger partial charge is 0.329 e. The van der Waals surface area contributed by atoms with Gasteiger partial charge in [0.2, 0.25) is 5.91 Å². The fourth-order valence-electron chi connectivity index (χ4n) is 2.76. The lowest BCUT2D eigenvalue weighted by atomic mass is 10.1. The molecule has 0 bridgehead atoms. The van der Waals surface area contributed by atoms with Gasteiger partial charge in [-0.1, -0.05) is 25.0 Å². The molecule has 0 saturated carbocycles. The molecule has 0 spiro atoms. The number of cyclic esters (lactones) is 1. The zero-order valence-electron chi connectivity index (χ0n) is 11.5. The highest BCUT2D eigenvalue weighted by molar-refractivity contribution is 5.85. The number of amides is 1. The van der Waals surface area contributed by atoms with Crippen molar-refractivity contribution >= 4 is 11.9 Å². The predicted molar refractivity (Wildman–Crippen MR) is 72.5 cm³/mol. The van der Waals surface area contributed by atoms with Gasteiger partial charge in [0.05, 0.1) is 0 Å². The lowest BCUT2D eigenvalue weighted by Gasteiger charge is -2.23. The van der Waals surface area contributed by atoms with Gasteiger partial charge in [-0.25, -0.2) is 4.79 Å². The molecule has 0 N–H and O–H groups in total. The van der Waals surface area contributed by atoms with Gasteiger partial charge in [0.25, 0.3) is 0 Å². The molecule has 0 aliphatic carbocycles. The van der Waals surface area contributed by atoms with Crippen LogP contribution in [0, 0.1) is 0 Å². The first-order valence-electron chi connectivity index (χ1n) is 7.40. The van der Waals surface area contributed by atoms with Crippen LogP contribution in [0.25, 0.3) is 0 Å². The lowest BCUT2D eigenvalue weighted by molar-refractivity contribution is -0.152. The van der Waals surface area contributed by atoms with E-state index in [1.807, 2.05) is 6.08 Å². The summed E-state index contributed by atoms with van der Waals surface area (Å²) in [4.78, 5) is 25.8. The Morgan fingerprint density at radius 3 is 2.79 bits per heavy atom. The number of carbonyl (C=O) groups excluding carboxylic acids is 2. The number of esters is 1. The Hall–Kier alpha value is -1.32. The average molecular weight is 265 g/mol. The van der Waals surface area contributed by atoms with Crippen LogP contribution in [0.4, 0.5) is 0 Å². The molecule has 106 valence electrons. The quantitative estimate of drug-likeness (QED) is 0.499. The molecule has 1 fully saturated rings. The Morgan fingerprint density at radius 2 is 1.89 bits per heavy atom. The summed E-state index contributed by atoms with van der Waals surface area (Å²) in [5, 5.41) is 0. The monoisotopic (exact) mass is 265 g/mol. The molecule has 0 radical (unpaired) electrons. The molecule has 0 aromatic rings. The van der Waals surface area contributed by atoms with E-state index in [0.29, 0.717) is 19.6 Å². The maximum absolute atomic E-state index is 12.1. The molecular formula is C15H23NO3. The SMILES string of the molecule is O=C1OC/C=C\CCCCCCC(=O)N2CCCC12. The largest absolute Gasteiger partial charge is 0.460 e. The highest BCUT2D eigenvalue weighted by Crippen LogP contribution is 2.20. The van der Waals surface area contributed by atoms with Gasteiger partial charge in [-0.2, -0.15) is 0 Å². The normalized spacial score (nSPS) is 28.4. The van der Waals surface area contributed by atoms with Gasteiger partial charge in [-0.15, -0.1) is 0 Å². The van der Waals surface area contributed by atoms with Gasteiger partial charge in [0.15, 0.2) is 0 Å². The van der Waals surface area contributed by atoms with Gasteiger partial charge in [-0.05, 0) is 32.1 Å². The molecule has 4 heteroatoms. The number of hydrogen-bond acceptors (Lipinski definition) is 3. The fourth-order valence-corrected chi connectivity index (χ4v) is 2.76.